The van der Waals surface area contributed by atoms with Crippen LogP contribution in [-0.4, -0.2) is 11.7 Å². The molecule has 0 spiro atoms. The van der Waals surface area contributed by atoms with Crippen LogP contribution in [0.1, 0.15) is 26.7 Å². The molecule has 2 bridgehead atoms. The number of halogens is 2. The minimum absolute atomic E-state index is 0.153. The van der Waals surface area contributed by atoms with Crippen molar-refractivity contribution in [1.29, 1.82) is 0 Å². The van der Waals surface area contributed by atoms with E-state index in [1.165, 1.54) is 0 Å². The second kappa shape index (κ2) is 2.55. The van der Waals surface area contributed by atoms with Gasteiger partial charge in [0.1, 0.15) is 0 Å². The molecule has 0 aromatic heterocycles. The highest BCUT2D eigenvalue weighted by Crippen LogP contribution is 2.47. The first-order valence-corrected chi connectivity index (χ1v) is 3.90. The summed E-state index contributed by atoms with van der Waals surface area (Å²) >= 11 is 0. The molecule has 0 N–H and O–H groups in total. The standard InChI is InChI=1S/C6H6F2O.C2H6/c7-5-1-2-6(8,9-5)4-3-5;1-2/h1-2H,3-4H2;1-2H3. The van der Waals surface area contributed by atoms with Crippen LogP contribution in [0.15, 0.2) is 12.2 Å². The lowest BCUT2D eigenvalue weighted by Crippen LogP contribution is -2.17. The van der Waals surface area contributed by atoms with Crippen molar-refractivity contribution < 1.29 is 13.5 Å². The smallest absolute Gasteiger partial charge is 0.231 e. The maximum atomic E-state index is 12.8. The van der Waals surface area contributed by atoms with Crippen molar-refractivity contribution in [3.8, 4) is 0 Å². The van der Waals surface area contributed by atoms with Crippen molar-refractivity contribution in [2.24, 2.45) is 0 Å². The topological polar surface area (TPSA) is 9.23 Å². The molecule has 2 aliphatic heterocycles. The van der Waals surface area contributed by atoms with E-state index in [0.29, 0.717) is 0 Å². The summed E-state index contributed by atoms with van der Waals surface area (Å²) in [5.74, 6) is -3.57. The molecule has 2 aliphatic rings. The lowest BCUT2D eigenvalue weighted by molar-refractivity contribution is -0.160. The third kappa shape index (κ3) is 1.43. The van der Waals surface area contributed by atoms with Crippen LogP contribution in [-0.2, 0) is 4.74 Å². The molecule has 2 atom stereocenters. The molecule has 0 aromatic rings. The van der Waals surface area contributed by atoms with Gasteiger partial charge >= 0.3 is 0 Å². The van der Waals surface area contributed by atoms with Gasteiger partial charge in [0.25, 0.3) is 0 Å². The number of hydrogen-bond acceptors (Lipinski definition) is 1. The first-order valence-electron chi connectivity index (χ1n) is 3.90. The molecule has 0 aliphatic carbocycles. The fourth-order valence-corrected chi connectivity index (χ4v) is 1.21. The maximum Gasteiger partial charge on any atom is 0.231 e. The van der Waals surface area contributed by atoms with Gasteiger partial charge in [-0.3, -0.25) is 0 Å². The van der Waals surface area contributed by atoms with Gasteiger partial charge < -0.3 is 4.74 Å². The second-order valence-corrected chi connectivity index (χ2v) is 2.51. The molecular weight excluding hydrogens is 150 g/mol. The summed E-state index contributed by atoms with van der Waals surface area (Å²) in [6, 6.07) is 0. The van der Waals surface area contributed by atoms with Gasteiger partial charge in [-0.25, -0.2) is 8.78 Å². The molecule has 3 heteroatoms. The number of ether oxygens (including phenoxy) is 1. The van der Waals surface area contributed by atoms with Crippen molar-refractivity contribution in [1.82, 2.24) is 0 Å². The Morgan fingerprint density at radius 2 is 1.45 bits per heavy atom. The van der Waals surface area contributed by atoms with Crippen molar-refractivity contribution >= 4 is 0 Å². The van der Waals surface area contributed by atoms with Gasteiger partial charge in [0.2, 0.25) is 11.7 Å². The largest absolute Gasteiger partial charge is 0.302 e. The Morgan fingerprint density at radius 3 is 1.55 bits per heavy atom. The molecule has 1 saturated heterocycles. The molecule has 0 radical (unpaired) electrons. The van der Waals surface area contributed by atoms with E-state index in [2.05, 4.69) is 4.74 Å². The molecule has 2 unspecified atom stereocenters. The molecule has 1 fully saturated rings. The van der Waals surface area contributed by atoms with Gasteiger partial charge in [0.15, 0.2) is 0 Å². The molecule has 0 saturated carbocycles. The van der Waals surface area contributed by atoms with Crippen LogP contribution in [0.2, 0.25) is 0 Å². The summed E-state index contributed by atoms with van der Waals surface area (Å²) in [4.78, 5) is 0. The monoisotopic (exact) mass is 162 g/mol. The fraction of sp³-hybridized carbons (Fsp3) is 0.750. The normalized spacial score (nSPS) is 45.5. The van der Waals surface area contributed by atoms with Crippen LogP contribution >= 0.6 is 0 Å². The highest BCUT2D eigenvalue weighted by molar-refractivity contribution is 5.16. The zero-order chi connectivity index (χ0) is 8.54. The lowest BCUT2D eigenvalue weighted by Gasteiger charge is -2.09. The summed E-state index contributed by atoms with van der Waals surface area (Å²) in [5, 5.41) is 0. The molecule has 64 valence electrons. The highest BCUT2D eigenvalue weighted by atomic mass is 19.2. The Balaban J connectivity index is 0.000000281. The third-order valence-electron chi connectivity index (χ3n) is 1.73. The maximum absolute atomic E-state index is 12.8. The van der Waals surface area contributed by atoms with Crippen LogP contribution in [0.25, 0.3) is 0 Å². The van der Waals surface area contributed by atoms with E-state index >= 15 is 0 Å². The minimum atomic E-state index is -1.78. The lowest BCUT2D eigenvalue weighted by atomic mass is 10.1. The van der Waals surface area contributed by atoms with Crippen molar-refractivity contribution in [3.63, 3.8) is 0 Å². The van der Waals surface area contributed by atoms with Gasteiger partial charge in [-0.15, -0.1) is 0 Å². The summed E-state index contributed by atoms with van der Waals surface area (Å²) in [7, 11) is 0. The molecule has 2 rings (SSSR count). The molecule has 0 amide bonds. The first kappa shape index (κ1) is 8.65. The van der Waals surface area contributed by atoms with Gasteiger partial charge in [-0.05, 0) is 12.2 Å². The molecule has 0 aromatic carbocycles. The van der Waals surface area contributed by atoms with E-state index < -0.39 is 11.7 Å². The van der Waals surface area contributed by atoms with Gasteiger partial charge in [-0.2, -0.15) is 0 Å². The van der Waals surface area contributed by atoms with E-state index in [-0.39, 0.29) is 12.8 Å². The molecule has 11 heavy (non-hydrogen) atoms. The van der Waals surface area contributed by atoms with Crippen LogP contribution in [0.5, 0.6) is 0 Å². The summed E-state index contributed by atoms with van der Waals surface area (Å²) < 4.78 is 30.0. The number of hydrogen-bond donors (Lipinski definition) is 0. The third-order valence-corrected chi connectivity index (χ3v) is 1.73. The molecule has 2 heterocycles. The predicted octanol–water partition coefficient (Wildman–Crippen LogP) is 2.72. The Morgan fingerprint density at radius 1 is 1.09 bits per heavy atom. The van der Waals surface area contributed by atoms with Crippen molar-refractivity contribution in [2.45, 2.75) is 38.4 Å². The zero-order valence-corrected chi connectivity index (χ0v) is 6.73. The zero-order valence-electron chi connectivity index (χ0n) is 6.73. The summed E-state index contributed by atoms with van der Waals surface area (Å²) in [6.07, 6.45) is 2.60. The summed E-state index contributed by atoms with van der Waals surface area (Å²) in [5.41, 5.74) is 0. The van der Waals surface area contributed by atoms with Crippen LogP contribution in [0.3, 0.4) is 0 Å². The first-order chi connectivity index (χ1) is 5.12. The van der Waals surface area contributed by atoms with E-state index in [1.807, 2.05) is 13.8 Å². The molecular formula is C8H12F2O. The van der Waals surface area contributed by atoms with Gasteiger partial charge in [0.05, 0.1) is 0 Å². The van der Waals surface area contributed by atoms with E-state index in [0.717, 1.165) is 12.2 Å². The summed E-state index contributed by atoms with van der Waals surface area (Å²) in [6.45, 7) is 4.00. The average molecular weight is 162 g/mol. The average Bonchev–Trinajstić information content (AvgIpc) is 2.44. The Kier molecular flexibility index (Phi) is 2.01. The Labute approximate surface area is 65.0 Å². The van der Waals surface area contributed by atoms with Crippen LogP contribution < -0.4 is 0 Å². The van der Waals surface area contributed by atoms with Crippen LogP contribution in [0.4, 0.5) is 8.78 Å². The number of rotatable bonds is 0. The van der Waals surface area contributed by atoms with E-state index in [1.54, 1.807) is 0 Å². The number of alkyl halides is 2. The quantitative estimate of drug-likeness (QED) is 0.497. The van der Waals surface area contributed by atoms with Crippen LogP contribution in [0, 0.1) is 0 Å². The van der Waals surface area contributed by atoms with Crippen molar-refractivity contribution in [2.75, 3.05) is 0 Å². The van der Waals surface area contributed by atoms with E-state index in [9.17, 15) is 8.78 Å². The minimum Gasteiger partial charge on any atom is -0.302 e. The van der Waals surface area contributed by atoms with Crippen molar-refractivity contribution in [3.05, 3.63) is 12.2 Å². The highest BCUT2D eigenvalue weighted by Gasteiger charge is 2.52. The predicted molar refractivity (Wildman–Crippen MR) is 38.5 cm³/mol. The van der Waals surface area contributed by atoms with E-state index in [4.69, 9.17) is 0 Å². The van der Waals surface area contributed by atoms with Gasteiger partial charge in [-0.1, -0.05) is 13.8 Å². The van der Waals surface area contributed by atoms with Gasteiger partial charge in [0, 0.05) is 12.8 Å². The SMILES string of the molecule is CC.FC12C=CC(F)(CC1)O2. The fourth-order valence-electron chi connectivity index (χ4n) is 1.21. The second-order valence-electron chi connectivity index (χ2n) is 2.51. The Hall–Kier alpha value is -0.440. The number of fused-ring (bicyclic) bond motifs is 2. The molecule has 1 nitrogen and oxygen atoms in total. The Bertz CT molecular complexity index is 163.